The van der Waals surface area contributed by atoms with Crippen LogP contribution in [0.1, 0.15) is 23.0 Å². The molecule has 1 heterocycles. The van der Waals surface area contributed by atoms with Crippen molar-refractivity contribution in [1.29, 1.82) is 0 Å². The second kappa shape index (κ2) is 7.35. The number of phenolic OH excluding ortho intramolecular Hbond substituents is 1. The van der Waals surface area contributed by atoms with Crippen LogP contribution in [0.3, 0.4) is 0 Å². The molecule has 134 valence electrons. The minimum atomic E-state index is -0.991. The highest BCUT2D eigenvalue weighted by Gasteiger charge is 2.22. The van der Waals surface area contributed by atoms with Crippen LogP contribution in [-0.4, -0.2) is 20.6 Å². The fourth-order valence-electron chi connectivity index (χ4n) is 2.66. The third-order valence-electron chi connectivity index (χ3n) is 4.00. The zero-order valence-corrected chi connectivity index (χ0v) is 14.0. The van der Waals surface area contributed by atoms with Crippen molar-refractivity contribution >= 4 is 5.91 Å². The van der Waals surface area contributed by atoms with Gasteiger partial charge in [0, 0.05) is 19.4 Å². The van der Waals surface area contributed by atoms with Gasteiger partial charge in [-0.3, -0.25) is 4.79 Å². The first-order chi connectivity index (χ1) is 12.4. The molecule has 5 nitrogen and oxygen atoms in total. The average molecular weight is 357 g/mol. The molecule has 0 spiro atoms. The first kappa shape index (κ1) is 17.6. The fraction of sp³-hybridized carbons (Fsp3) is 0.158. The van der Waals surface area contributed by atoms with Crippen molar-refractivity contribution in [2.24, 2.45) is 7.05 Å². The molecule has 0 saturated carbocycles. The summed E-state index contributed by atoms with van der Waals surface area (Å²) in [5.41, 5.74) is 1.10. The molecule has 7 heteroatoms. The van der Waals surface area contributed by atoms with Crippen LogP contribution in [0.25, 0.3) is 0 Å². The lowest BCUT2D eigenvalue weighted by atomic mass is 10.0. The van der Waals surface area contributed by atoms with Crippen LogP contribution < -0.4 is 5.32 Å². The quantitative estimate of drug-likeness (QED) is 0.738. The van der Waals surface area contributed by atoms with E-state index < -0.39 is 17.7 Å². The number of rotatable bonds is 5. The van der Waals surface area contributed by atoms with Crippen molar-refractivity contribution in [1.82, 2.24) is 14.9 Å². The molecular formula is C19H17F2N3O2. The Bertz CT molecular complexity index is 923. The Balaban J connectivity index is 1.86. The Morgan fingerprint density at radius 3 is 2.54 bits per heavy atom. The number of nitrogens with zero attached hydrogens (tertiary/aromatic N) is 2. The maximum atomic E-state index is 13.7. The fourth-order valence-corrected chi connectivity index (χ4v) is 2.66. The summed E-state index contributed by atoms with van der Waals surface area (Å²) < 4.78 is 28.6. The van der Waals surface area contributed by atoms with Gasteiger partial charge in [-0.1, -0.05) is 18.2 Å². The van der Waals surface area contributed by atoms with Gasteiger partial charge in [0.25, 0.3) is 0 Å². The monoisotopic (exact) mass is 357 g/mol. The summed E-state index contributed by atoms with van der Waals surface area (Å²) in [6.45, 7) is 0. The summed E-state index contributed by atoms with van der Waals surface area (Å²) in [6, 6.07) is 9.03. The normalized spacial score (nSPS) is 12.0. The van der Waals surface area contributed by atoms with E-state index in [1.54, 1.807) is 36.1 Å². The Hall–Kier alpha value is -3.22. The van der Waals surface area contributed by atoms with Gasteiger partial charge in [-0.25, -0.2) is 13.8 Å². The highest BCUT2D eigenvalue weighted by molar-refractivity contribution is 5.79. The SMILES string of the molecule is Cn1ccnc1C(NC(=O)Cc1ccc(O)cc1)c1ccc(F)c(F)c1. The molecule has 0 saturated heterocycles. The Labute approximate surface area is 148 Å². The number of phenols is 1. The standard InChI is InChI=1S/C19H17F2N3O2/c1-24-9-8-22-19(24)18(13-4-7-15(20)16(21)11-13)23-17(26)10-12-2-5-14(25)6-3-12/h2-9,11,18,25H,10H2,1H3,(H,23,26). The lowest BCUT2D eigenvalue weighted by molar-refractivity contribution is -0.121. The topological polar surface area (TPSA) is 67.2 Å². The largest absolute Gasteiger partial charge is 0.508 e. The van der Waals surface area contributed by atoms with E-state index in [2.05, 4.69) is 10.3 Å². The molecule has 0 radical (unpaired) electrons. The van der Waals surface area contributed by atoms with Crippen molar-refractivity contribution in [3.05, 3.63) is 83.4 Å². The molecule has 3 rings (SSSR count). The van der Waals surface area contributed by atoms with E-state index in [4.69, 9.17) is 0 Å². The van der Waals surface area contributed by atoms with E-state index in [1.807, 2.05) is 0 Å². The molecule has 2 aromatic carbocycles. The van der Waals surface area contributed by atoms with Crippen LogP contribution in [0.4, 0.5) is 8.78 Å². The molecule has 2 N–H and O–H groups in total. The molecule has 1 atom stereocenters. The van der Waals surface area contributed by atoms with Crippen LogP contribution in [0.5, 0.6) is 5.75 Å². The number of halogens is 2. The van der Waals surface area contributed by atoms with Crippen LogP contribution in [0.15, 0.2) is 54.9 Å². The molecule has 26 heavy (non-hydrogen) atoms. The summed E-state index contributed by atoms with van der Waals surface area (Å²) in [6.07, 6.45) is 3.34. The number of aromatic nitrogens is 2. The van der Waals surface area contributed by atoms with Gasteiger partial charge in [0.05, 0.1) is 6.42 Å². The van der Waals surface area contributed by atoms with E-state index in [1.165, 1.54) is 18.2 Å². The molecule has 0 aliphatic carbocycles. The summed E-state index contributed by atoms with van der Waals surface area (Å²) in [5, 5.41) is 12.1. The minimum absolute atomic E-state index is 0.0743. The summed E-state index contributed by atoms with van der Waals surface area (Å²) >= 11 is 0. The van der Waals surface area contributed by atoms with E-state index in [-0.39, 0.29) is 18.1 Å². The molecule has 1 amide bonds. The van der Waals surface area contributed by atoms with Crippen LogP contribution in [-0.2, 0) is 18.3 Å². The number of hydrogen-bond donors (Lipinski definition) is 2. The lowest BCUT2D eigenvalue weighted by Gasteiger charge is -2.19. The number of carbonyl (C=O) groups is 1. The number of amides is 1. The molecule has 1 unspecified atom stereocenters. The van der Waals surface area contributed by atoms with Gasteiger partial charge in [-0.2, -0.15) is 0 Å². The molecular weight excluding hydrogens is 340 g/mol. The number of aryl methyl sites for hydroxylation is 1. The minimum Gasteiger partial charge on any atom is -0.508 e. The van der Waals surface area contributed by atoms with E-state index >= 15 is 0 Å². The third-order valence-corrected chi connectivity index (χ3v) is 4.00. The van der Waals surface area contributed by atoms with Crippen molar-refractivity contribution in [3.8, 4) is 5.75 Å². The van der Waals surface area contributed by atoms with Crippen molar-refractivity contribution in [2.75, 3.05) is 0 Å². The molecule has 3 aromatic rings. The van der Waals surface area contributed by atoms with Gasteiger partial charge in [-0.05, 0) is 35.4 Å². The number of carbonyl (C=O) groups excluding carboxylic acids is 1. The highest BCUT2D eigenvalue weighted by atomic mass is 19.2. The molecule has 0 bridgehead atoms. The molecule has 0 aliphatic heterocycles. The maximum Gasteiger partial charge on any atom is 0.225 e. The molecule has 0 aliphatic rings. The van der Waals surface area contributed by atoms with Crippen LogP contribution in [0, 0.1) is 11.6 Å². The number of aromatic hydroxyl groups is 1. The van der Waals surface area contributed by atoms with Crippen molar-refractivity contribution < 1.29 is 18.7 Å². The lowest BCUT2D eigenvalue weighted by Crippen LogP contribution is -2.32. The maximum absolute atomic E-state index is 13.7. The third kappa shape index (κ3) is 3.88. The summed E-state index contributed by atoms with van der Waals surface area (Å²) in [7, 11) is 1.75. The average Bonchev–Trinajstić information content (AvgIpc) is 3.03. The number of imidazole rings is 1. The van der Waals surface area contributed by atoms with Crippen molar-refractivity contribution in [2.45, 2.75) is 12.5 Å². The number of nitrogens with one attached hydrogen (secondary N) is 1. The van der Waals surface area contributed by atoms with E-state index in [9.17, 15) is 18.7 Å². The summed E-state index contributed by atoms with van der Waals surface area (Å²) in [5.74, 6) is -1.65. The van der Waals surface area contributed by atoms with Gasteiger partial charge in [0.1, 0.15) is 17.6 Å². The molecule has 1 aromatic heterocycles. The van der Waals surface area contributed by atoms with Gasteiger partial charge < -0.3 is 15.0 Å². The first-order valence-electron chi connectivity index (χ1n) is 7.93. The zero-order chi connectivity index (χ0) is 18.7. The Morgan fingerprint density at radius 1 is 1.19 bits per heavy atom. The van der Waals surface area contributed by atoms with E-state index in [0.717, 1.165) is 12.1 Å². The smallest absolute Gasteiger partial charge is 0.225 e. The van der Waals surface area contributed by atoms with E-state index in [0.29, 0.717) is 17.0 Å². The second-order valence-electron chi connectivity index (χ2n) is 5.91. The second-order valence-corrected chi connectivity index (χ2v) is 5.91. The zero-order valence-electron chi connectivity index (χ0n) is 14.0. The first-order valence-corrected chi connectivity index (χ1v) is 7.93. The van der Waals surface area contributed by atoms with Gasteiger partial charge in [0.2, 0.25) is 5.91 Å². The van der Waals surface area contributed by atoms with Crippen LogP contribution >= 0.6 is 0 Å². The van der Waals surface area contributed by atoms with Gasteiger partial charge in [0.15, 0.2) is 11.6 Å². The predicted molar refractivity (Wildman–Crippen MR) is 91.4 cm³/mol. The molecule has 0 fully saturated rings. The summed E-state index contributed by atoms with van der Waals surface area (Å²) in [4.78, 5) is 16.7. The number of benzene rings is 2. The number of hydrogen-bond acceptors (Lipinski definition) is 3. The Morgan fingerprint density at radius 2 is 1.92 bits per heavy atom. The van der Waals surface area contributed by atoms with Gasteiger partial charge >= 0.3 is 0 Å². The van der Waals surface area contributed by atoms with Gasteiger partial charge in [-0.15, -0.1) is 0 Å². The predicted octanol–water partition coefficient (Wildman–Crippen LogP) is 2.85. The van der Waals surface area contributed by atoms with Crippen LogP contribution in [0.2, 0.25) is 0 Å². The Kier molecular flexibility index (Phi) is 4.97. The highest BCUT2D eigenvalue weighted by Crippen LogP contribution is 2.22. The van der Waals surface area contributed by atoms with Crippen molar-refractivity contribution in [3.63, 3.8) is 0 Å².